The SMILES string of the molecule is O=C(O)/C(=C/c1ccc(OCc2cccc(OC(F)(F)F)c2)cc1)NC(=O)c1ccccc1. The van der Waals surface area contributed by atoms with E-state index >= 15 is 0 Å². The third-order valence-electron chi connectivity index (χ3n) is 4.24. The fraction of sp³-hybridized carbons (Fsp3) is 0.0833. The van der Waals surface area contributed by atoms with Gasteiger partial charge in [-0.3, -0.25) is 4.79 Å². The number of aliphatic carboxylic acids is 1. The van der Waals surface area contributed by atoms with Crippen molar-refractivity contribution in [2.45, 2.75) is 13.0 Å². The molecule has 0 saturated heterocycles. The van der Waals surface area contributed by atoms with E-state index in [-0.39, 0.29) is 18.1 Å². The number of alkyl halides is 3. The lowest BCUT2D eigenvalue weighted by Gasteiger charge is -2.11. The number of benzene rings is 3. The number of nitrogens with one attached hydrogen (secondary N) is 1. The van der Waals surface area contributed by atoms with Crippen LogP contribution in [0.25, 0.3) is 6.08 Å². The molecule has 0 aliphatic carbocycles. The summed E-state index contributed by atoms with van der Waals surface area (Å²) in [4.78, 5) is 23.7. The van der Waals surface area contributed by atoms with Gasteiger partial charge in [-0.05, 0) is 53.6 Å². The molecule has 6 nitrogen and oxygen atoms in total. The van der Waals surface area contributed by atoms with E-state index in [1.165, 1.54) is 24.3 Å². The molecule has 0 aliphatic rings. The van der Waals surface area contributed by atoms with E-state index in [9.17, 15) is 27.9 Å². The highest BCUT2D eigenvalue weighted by Crippen LogP contribution is 2.24. The zero-order valence-corrected chi connectivity index (χ0v) is 17.0. The van der Waals surface area contributed by atoms with Crippen LogP contribution in [0.15, 0.2) is 84.6 Å². The average molecular weight is 457 g/mol. The van der Waals surface area contributed by atoms with Gasteiger partial charge in [-0.15, -0.1) is 13.2 Å². The van der Waals surface area contributed by atoms with Crippen LogP contribution in [0.4, 0.5) is 13.2 Å². The van der Waals surface area contributed by atoms with Crippen LogP contribution in [0.5, 0.6) is 11.5 Å². The predicted molar refractivity (Wildman–Crippen MR) is 113 cm³/mol. The Morgan fingerprint density at radius 2 is 1.61 bits per heavy atom. The first-order chi connectivity index (χ1) is 15.7. The molecule has 1 amide bonds. The Bertz CT molecular complexity index is 1140. The van der Waals surface area contributed by atoms with Crippen molar-refractivity contribution < 1.29 is 37.3 Å². The van der Waals surface area contributed by atoms with Gasteiger partial charge in [0.05, 0.1) is 0 Å². The molecule has 2 N–H and O–H groups in total. The minimum absolute atomic E-state index is 0.00223. The van der Waals surface area contributed by atoms with Crippen LogP contribution in [-0.2, 0) is 11.4 Å². The van der Waals surface area contributed by atoms with Crippen molar-refractivity contribution in [3.05, 3.63) is 101 Å². The highest BCUT2D eigenvalue weighted by Gasteiger charge is 2.31. The van der Waals surface area contributed by atoms with Crippen molar-refractivity contribution in [2.24, 2.45) is 0 Å². The van der Waals surface area contributed by atoms with Gasteiger partial charge in [-0.1, -0.05) is 42.5 Å². The lowest BCUT2D eigenvalue weighted by Crippen LogP contribution is -2.27. The standard InChI is InChI=1S/C24H18F3NO5/c25-24(26,27)33-20-8-4-5-17(13-20)15-32-19-11-9-16(10-12-19)14-21(23(30)31)28-22(29)18-6-2-1-3-7-18/h1-14H,15H2,(H,28,29)(H,30,31)/b21-14-. The molecule has 0 atom stereocenters. The van der Waals surface area contributed by atoms with E-state index < -0.39 is 18.2 Å². The van der Waals surface area contributed by atoms with Crippen molar-refractivity contribution >= 4 is 18.0 Å². The van der Waals surface area contributed by atoms with Crippen molar-refractivity contribution in [3.63, 3.8) is 0 Å². The summed E-state index contributed by atoms with van der Waals surface area (Å²) in [7, 11) is 0. The first kappa shape index (κ1) is 23.4. The second-order valence-corrected chi connectivity index (χ2v) is 6.74. The molecule has 3 aromatic carbocycles. The van der Waals surface area contributed by atoms with E-state index in [2.05, 4.69) is 10.1 Å². The number of rotatable bonds is 8. The monoisotopic (exact) mass is 457 g/mol. The smallest absolute Gasteiger partial charge is 0.489 e. The molecule has 0 radical (unpaired) electrons. The zero-order valence-electron chi connectivity index (χ0n) is 17.0. The fourth-order valence-electron chi connectivity index (χ4n) is 2.76. The summed E-state index contributed by atoms with van der Waals surface area (Å²) in [5.41, 5.74) is 0.975. The Morgan fingerprint density at radius 1 is 0.909 bits per heavy atom. The summed E-state index contributed by atoms with van der Waals surface area (Å²) in [6.45, 7) is -0.00223. The normalized spacial score (nSPS) is 11.5. The summed E-state index contributed by atoms with van der Waals surface area (Å²) in [6.07, 6.45) is -3.48. The maximum Gasteiger partial charge on any atom is 0.573 e. The van der Waals surface area contributed by atoms with Gasteiger partial charge in [-0.2, -0.15) is 0 Å². The Morgan fingerprint density at radius 3 is 2.24 bits per heavy atom. The topological polar surface area (TPSA) is 84.9 Å². The van der Waals surface area contributed by atoms with Crippen molar-refractivity contribution in [1.82, 2.24) is 5.32 Å². The van der Waals surface area contributed by atoms with Gasteiger partial charge in [0.15, 0.2) is 0 Å². The van der Waals surface area contributed by atoms with Crippen LogP contribution < -0.4 is 14.8 Å². The molecule has 3 rings (SSSR count). The minimum Gasteiger partial charge on any atom is -0.489 e. The van der Waals surface area contributed by atoms with E-state index in [1.54, 1.807) is 60.7 Å². The summed E-state index contributed by atoms with van der Waals surface area (Å²) in [5.74, 6) is -1.79. The number of hydrogen-bond donors (Lipinski definition) is 2. The molecule has 33 heavy (non-hydrogen) atoms. The van der Waals surface area contributed by atoms with Crippen molar-refractivity contribution in [2.75, 3.05) is 0 Å². The van der Waals surface area contributed by atoms with E-state index in [0.29, 0.717) is 22.4 Å². The van der Waals surface area contributed by atoms with Crippen LogP contribution in [0, 0.1) is 0 Å². The number of ether oxygens (including phenoxy) is 2. The Hall–Kier alpha value is -4.27. The molecular formula is C24H18F3NO5. The fourth-order valence-corrected chi connectivity index (χ4v) is 2.76. The van der Waals surface area contributed by atoms with Gasteiger partial charge in [0.1, 0.15) is 23.8 Å². The van der Waals surface area contributed by atoms with E-state index in [0.717, 1.165) is 0 Å². The number of amides is 1. The highest BCUT2D eigenvalue weighted by molar-refractivity contribution is 6.02. The summed E-state index contributed by atoms with van der Waals surface area (Å²) >= 11 is 0. The second kappa shape index (κ2) is 10.4. The Kier molecular flexibility index (Phi) is 7.34. The molecule has 170 valence electrons. The maximum atomic E-state index is 12.3. The van der Waals surface area contributed by atoms with Crippen LogP contribution in [0.2, 0.25) is 0 Å². The molecule has 0 aromatic heterocycles. The Balaban J connectivity index is 1.64. The van der Waals surface area contributed by atoms with Crippen LogP contribution in [0.3, 0.4) is 0 Å². The second-order valence-electron chi connectivity index (χ2n) is 6.74. The summed E-state index contributed by atoms with van der Waals surface area (Å²) < 4.78 is 46.5. The number of carboxylic acid groups (broad SMARTS) is 1. The predicted octanol–water partition coefficient (Wildman–Crippen LogP) is 5.02. The Labute approximate surface area is 186 Å². The van der Waals surface area contributed by atoms with Crippen LogP contribution in [-0.4, -0.2) is 23.3 Å². The lowest BCUT2D eigenvalue weighted by atomic mass is 10.1. The maximum absolute atomic E-state index is 12.3. The van der Waals surface area contributed by atoms with E-state index in [1.807, 2.05) is 0 Å². The number of hydrogen-bond acceptors (Lipinski definition) is 4. The molecule has 0 spiro atoms. The van der Waals surface area contributed by atoms with Gasteiger partial charge in [0, 0.05) is 5.56 Å². The molecule has 0 fully saturated rings. The van der Waals surface area contributed by atoms with E-state index in [4.69, 9.17) is 4.74 Å². The van der Waals surface area contributed by atoms with Gasteiger partial charge in [0.2, 0.25) is 0 Å². The third kappa shape index (κ3) is 7.42. The molecule has 9 heteroatoms. The van der Waals surface area contributed by atoms with Gasteiger partial charge >= 0.3 is 12.3 Å². The van der Waals surface area contributed by atoms with Crippen molar-refractivity contribution in [3.8, 4) is 11.5 Å². The van der Waals surface area contributed by atoms with Crippen LogP contribution in [0.1, 0.15) is 21.5 Å². The molecular weight excluding hydrogens is 439 g/mol. The first-order valence-electron chi connectivity index (χ1n) is 9.58. The third-order valence-corrected chi connectivity index (χ3v) is 4.24. The summed E-state index contributed by atoms with van der Waals surface area (Å²) in [5, 5.41) is 11.8. The highest BCUT2D eigenvalue weighted by atomic mass is 19.4. The quantitative estimate of drug-likeness (QED) is 0.464. The molecule has 3 aromatic rings. The van der Waals surface area contributed by atoms with Gasteiger partial charge < -0.3 is 19.9 Å². The van der Waals surface area contributed by atoms with Crippen molar-refractivity contribution in [1.29, 1.82) is 0 Å². The summed E-state index contributed by atoms with van der Waals surface area (Å²) in [6, 6.07) is 19.9. The molecule has 0 heterocycles. The number of carboxylic acids is 1. The average Bonchev–Trinajstić information content (AvgIpc) is 2.77. The molecule has 0 aliphatic heterocycles. The van der Waals surface area contributed by atoms with Gasteiger partial charge in [-0.25, -0.2) is 4.79 Å². The largest absolute Gasteiger partial charge is 0.573 e. The molecule has 0 saturated carbocycles. The number of carbonyl (C=O) groups excluding carboxylic acids is 1. The van der Waals surface area contributed by atoms with Gasteiger partial charge in [0.25, 0.3) is 5.91 Å². The van der Waals surface area contributed by atoms with Crippen LogP contribution >= 0.6 is 0 Å². The molecule has 0 unspecified atom stereocenters. The minimum atomic E-state index is -4.78. The number of halogens is 3. The zero-order chi connectivity index (χ0) is 23.8. The lowest BCUT2D eigenvalue weighted by molar-refractivity contribution is -0.274. The number of carbonyl (C=O) groups is 2. The first-order valence-corrected chi connectivity index (χ1v) is 9.58. The molecule has 0 bridgehead atoms.